The Bertz CT molecular complexity index is 157. The minimum Gasteiger partial charge on any atom is -0.464 e. The van der Waals surface area contributed by atoms with Gasteiger partial charge in [-0.05, 0) is 19.6 Å². The molecule has 0 saturated carbocycles. The van der Waals surface area contributed by atoms with Gasteiger partial charge in [0.25, 0.3) is 0 Å². The fourth-order valence-electron chi connectivity index (χ4n) is 0.991. The van der Waals surface area contributed by atoms with Gasteiger partial charge in [0.2, 0.25) is 0 Å². The van der Waals surface area contributed by atoms with E-state index < -0.39 is 0 Å². The van der Waals surface area contributed by atoms with E-state index >= 15 is 0 Å². The summed E-state index contributed by atoms with van der Waals surface area (Å²) in [5, 5.41) is 0. The van der Waals surface area contributed by atoms with Crippen LogP contribution in [0.4, 0.5) is 0 Å². The molecule has 1 unspecified atom stereocenters. The molecular formula is C10H19NO2. The molecule has 13 heavy (non-hydrogen) atoms. The van der Waals surface area contributed by atoms with Crippen molar-refractivity contribution in [2.75, 3.05) is 6.61 Å². The summed E-state index contributed by atoms with van der Waals surface area (Å²) < 4.78 is 5.02. The molecule has 0 bridgehead atoms. The Morgan fingerprint density at radius 3 is 2.62 bits per heavy atom. The van der Waals surface area contributed by atoms with Crippen molar-refractivity contribution in [3.05, 3.63) is 0 Å². The SMILES string of the molecule is C=NC(CC)C(=O)OCCCCC. The normalized spacial score (nSPS) is 12.2. The number of aliphatic imine (C=N–C) groups is 1. The van der Waals surface area contributed by atoms with Gasteiger partial charge in [-0.1, -0.05) is 26.7 Å². The molecule has 0 aliphatic rings. The van der Waals surface area contributed by atoms with Gasteiger partial charge < -0.3 is 4.74 Å². The van der Waals surface area contributed by atoms with Crippen molar-refractivity contribution in [1.82, 2.24) is 0 Å². The predicted octanol–water partition coefficient (Wildman–Crippen LogP) is 2.20. The van der Waals surface area contributed by atoms with Gasteiger partial charge in [-0.25, -0.2) is 4.79 Å². The van der Waals surface area contributed by atoms with Gasteiger partial charge in [-0.3, -0.25) is 4.99 Å². The molecule has 0 N–H and O–H groups in total. The monoisotopic (exact) mass is 185 g/mol. The lowest BCUT2D eigenvalue weighted by Gasteiger charge is -2.08. The van der Waals surface area contributed by atoms with Crippen LogP contribution < -0.4 is 0 Å². The number of hydrogen-bond acceptors (Lipinski definition) is 3. The molecule has 0 fully saturated rings. The van der Waals surface area contributed by atoms with Crippen molar-refractivity contribution < 1.29 is 9.53 Å². The van der Waals surface area contributed by atoms with Crippen LogP contribution in [-0.2, 0) is 9.53 Å². The van der Waals surface area contributed by atoms with Crippen LogP contribution in [0.5, 0.6) is 0 Å². The van der Waals surface area contributed by atoms with Crippen LogP contribution >= 0.6 is 0 Å². The van der Waals surface area contributed by atoms with Crippen LogP contribution in [-0.4, -0.2) is 25.3 Å². The average molecular weight is 185 g/mol. The lowest BCUT2D eigenvalue weighted by Crippen LogP contribution is -2.20. The van der Waals surface area contributed by atoms with E-state index in [2.05, 4.69) is 18.6 Å². The first kappa shape index (κ1) is 12.1. The molecule has 0 spiro atoms. The van der Waals surface area contributed by atoms with Crippen LogP contribution in [0.2, 0.25) is 0 Å². The molecule has 0 aromatic rings. The minimum absolute atomic E-state index is 0.242. The largest absolute Gasteiger partial charge is 0.464 e. The number of ether oxygens (including phenoxy) is 1. The Balaban J connectivity index is 3.54. The molecule has 0 aliphatic carbocycles. The van der Waals surface area contributed by atoms with Gasteiger partial charge in [-0.15, -0.1) is 0 Å². The second kappa shape index (κ2) is 7.77. The topological polar surface area (TPSA) is 38.7 Å². The highest BCUT2D eigenvalue weighted by Gasteiger charge is 2.14. The number of unbranched alkanes of at least 4 members (excludes halogenated alkanes) is 2. The third-order valence-corrected chi connectivity index (χ3v) is 1.87. The van der Waals surface area contributed by atoms with E-state index in [1.807, 2.05) is 6.92 Å². The van der Waals surface area contributed by atoms with Crippen molar-refractivity contribution >= 4 is 12.7 Å². The second-order valence-corrected chi connectivity index (χ2v) is 2.98. The molecular weight excluding hydrogens is 166 g/mol. The Kier molecular flexibility index (Phi) is 7.26. The summed E-state index contributed by atoms with van der Waals surface area (Å²) in [6.45, 7) is 7.87. The Labute approximate surface area is 80.2 Å². The summed E-state index contributed by atoms with van der Waals surface area (Å²) >= 11 is 0. The molecule has 0 radical (unpaired) electrons. The molecule has 0 saturated heterocycles. The van der Waals surface area contributed by atoms with E-state index in [-0.39, 0.29) is 12.0 Å². The lowest BCUT2D eigenvalue weighted by molar-refractivity contribution is -0.145. The average Bonchev–Trinajstić information content (AvgIpc) is 2.14. The van der Waals surface area contributed by atoms with Crippen molar-refractivity contribution in [2.24, 2.45) is 4.99 Å². The molecule has 0 aromatic carbocycles. The fourth-order valence-corrected chi connectivity index (χ4v) is 0.991. The number of nitrogens with zero attached hydrogens (tertiary/aromatic N) is 1. The van der Waals surface area contributed by atoms with Crippen molar-refractivity contribution in [1.29, 1.82) is 0 Å². The van der Waals surface area contributed by atoms with Gasteiger partial charge in [-0.2, -0.15) is 0 Å². The van der Waals surface area contributed by atoms with Crippen LogP contribution in [0.25, 0.3) is 0 Å². The first-order valence-electron chi connectivity index (χ1n) is 4.88. The highest BCUT2D eigenvalue weighted by molar-refractivity contribution is 5.76. The van der Waals surface area contributed by atoms with E-state index in [1.165, 1.54) is 0 Å². The van der Waals surface area contributed by atoms with Crippen molar-refractivity contribution in [2.45, 2.75) is 45.6 Å². The molecule has 0 aromatic heterocycles. The summed E-state index contributed by atoms with van der Waals surface area (Å²) in [7, 11) is 0. The molecule has 0 heterocycles. The van der Waals surface area contributed by atoms with Crippen LogP contribution in [0.15, 0.2) is 4.99 Å². The van der Waals surface area contributed by atoms with Crippen molar-refractivity contribution in [3.8, 4) is 0 Å². The number of esters is 1. The van der Waals surface area contributed by atoms with Crippen LogP contribution in [0, 0.1) is 0 Å². The maximum atomic E-state index is 11.2. The summed E-state index contributed by atoms with van der Waals surface area (Å²) in [5.41, 5.74) is 0. The third kappa shape index (κ3) is 5.39. The standard InChI is InChI=1S/C10H19NO2/c1-4-6-7-8-13-10(12)9(5-2)11-3/h9H,3-8H2,1-2H3. The van der Waals surface area contributed by atoms with Crippen LogP contribution in [0.3, 0.4) is 0 Å². The van der Waals surface area contributed by atoms with Gasteiger partial charge >= 0.3 is 5.97 Å². The smallest absolute Gasteiger partial charge is 0.330 e. The number of carbonyl (C=O) groups excluding carboxylic acids is 1. The molecule has 0 amide bonds. The van der Waals surface area contributed by atoms with Crippen molar-refractivity contribution in [3.63, 3.8) is 0 Å². The van der Waals surface area contributed by atoms with Gasteiger partial charge in [0.15, 0.2) is 0 Å². The summed E-state index contributed by atoms with van der Waals surface area (Å²) in [4.78, 5) is 14.9. The Hall–Kier alpha value is -0.860. The first-order chi connectivity index (χ1) is 6.26. The maximum Gasteiger partial charge on any atom is 0.330 e. The third-order valence-electron chi connectivity index (χ3n) is 1.87. The summed E-state index contributed by atoms with van der Waals surface area (Å²) in [6, 6.07) is -0.373. The summed E-state index contributed by atoms with van der Waals surface area (Å²) in [5.74, 6) is -0.242. The predicted molar refractivity (Wildman–Crippen MR) is 54.1 cm³/mol. The highest BCUT2D eigenvalue weighted by Crippen LogP contribution is 2.01. The zero-order valence-electron chi connectivity index (χ0n) is 8.58. The molecule has 1 atom stereocenters. The van der Waals surface area contributed by atoms with E-state index in [1.54, 1.807) is 0 Å². The Morgan fingerprint density at radius 2 is 2.15 bits per heavy atom. The van der Waals surface area contributed by atoms with E-state index in [0.29, 0.717) is 13.0 Å². The molecule has 3 nitrogen and oxygen atoms in total. The Morgan fingerprint density at radius 1 is 1.46 bits per heavy atom. The number of carbonyl (C=O) groups is 1. The fraction of sp³-hybridized carbons (Fsp3) is 0.800. The molecule has 0 rings (SSSR count). The zero-order valence-corrected chi connectivity index (χ0v) is 8.58. The highest BCUT2D eigenvalue weighted by atomic mass is 16.5. The number of rotatable bonds is 7. The zero-order chi connectivity index (χ0) is 10.1. The maximum absolute atomic E-state index is 11.2. The van der Waals surface area contributed by atoms with E-state index in [4.69, 9.17) is 4.74 Å². The molecule has 76 valence electrons. The van der Waals surface area contributed by atoms with Gasteiger partial charge in [0, 0.05) is 0 Å². The second-order valence-electron chi connectivity index (χ2n) is 2.98. The molecule has 3 heteroatoms. The van der Waals surface area contributed by atoms with Gasteiger partial charge in [0.05, 0.1) is 6.61 Å². The van der Waals surface area contributed by atoms with E-state index in [0.717, 1.165) is 19.3 Å². The first-order valence-corrected chi connectivity index (χ1v) is 4.88. The van der Waals surface area contributed by atoms with E-state index in [9.17, 15) is 4.79 Å². The molecule has 0 aliphatic heterocycles. The number of hydrogen-bond donors (Lipinski definition) is 0. The van der Waals surface area contributed by atoms with Crippen LogP contribution in [0.1, 0.15) is 39.5 Å². The quantitative estimate of drug-likeness (QED) is 0.346. The lowest BCUT2D eigenvalue weighted by atomic mass is 10.2. The minimum atomic E-state index is -0.373. The van der Waals surface area contributed by atoms with Gasteiger partial charge in [0.1, 0.15) is 6.04 Å². The summed E-state index contributed by atoms with van der Waals surface area (Å²) in [6.07, 6.45) is 3.84.